The summed E-state index contributed by atoms with van der Waals surface area (Å²) in [5.41, 5.74) is 0. The van der Waals surface area contributed by atoms with Crippen LogP contribution in [0.4, 0.5) is 5.82 Å². The second kappa shape index (κ2) is 4.63. The van der Waals surface area contributed by atoms with Crippen LogP contribution in [0.25, 0.3) is 0 Å². The van der Waals surface area contributed by atoms with Crippen LogP contribution < -0.4 is 5.32 Å². The van der Waals surface area contributed by atoms with Gasteiger partial charge in [-0.05, 0) is 6.42 Å². The Bertz CT molecular complexity index is 390. The van der Waals surface area contributed by atoms with Crippen molar-refractivity contribution in [1.82, 2.24) is 19.3 Å². The first-order valence-electron chi connectivity index (χ1n) is 5.04. The van der Waals surface area contributed by atoms with E-state index in [2.05, 4.69) is 20.0 Å². The Morgan fingerprint density at radius 2 is 2.33 bits per heavy atom. The molecule has 15 heavy (non-hydrogen) atoms. The van der Waals surface area contributed by atoms with Gasteiger partial charge in [0.15, 0.2) is 0 Å². The lowest BCUT2D eigenvalue weighted by atomic mass is 10.4. The molecule has 2 aromatic rings. The van der Waals surface area contributed by atoms with Gasteiger partial charge in [0, 0.05) is 44.8 Å². The lowest BCUT2D eigenvalue weighted by Gasteiger charge is -2.03. The Balaban J connectivity index is 1.67. The molecule has 5 nitrogen and oxygen atoms in total. The van der Waals surface area contributed by atoms with Crippen molar-refractivity contribution >= 4 is 5.82 Å². The van der Waals surface area contributed by atoms with E-state index < -0.39 is 0 Å². The highest BCUT2D eigenvalue weighted by Crippen LogP contribution is 2.00. The standard InChI is InChI=1S/C10H15N5/c1-14-7-3-10(13-14)12-4-2-6-15-8-5-11-9-15/h3,5,7-9H,2,4,6H2,1H3,(H,12,13). The van der Waals surface area contributed by atoms with Gasteiger partial charge < -0.3 is 9.88 Å². The van der Waals surface area contributed by atoms with Crippen molar-refractivity contribution in [3.8, 4) is 0 Å². The molecular formula is C10H15N5. The normalized spacial score (nSPS) is 10.5. The third kappa shape index (κ3) is 2.83. The molecule has 0 bridgehead atoms. The van der Waals surface area contributed by atoms with E-state index >= 15 is 0 Å². The topological polar surface area (TPSA) is 47.7 Å². The molecule has 2 rings (SSSR count). The molecule has 0 aliphatic carbocycles. The minimum absolute atomic E-state index is 0.926. The van der Waals surface area contributed by atoms with Gasteiger partial charge in [0.05, 0.1) is 6.33 Å². The van der Waals surface area contributed by atoms with Crippen LogP contribution in [0.15, 0.2) is 31.0 Å². The van der Waals surface area contributed by atoms with Gasteiger partial charge in [-0.3, -0.25) is 4.68 Å². The number of aryl methyl sites for hydroxylation is 2. The average molecular weight is 205 g/mol. The van der Waals surface area contributed by atoms with E-state index in [1.807, 2.05) is 31.8 Å². The van der Waals surface area contributed by atoms with Crippen molar-refractivity contribution < 1.29 is 0 Å². The number of anilines is 1. The summed E-state index contributed by atoms with van der Waals surface area (Å²) < 4.78 is 3.86. The zero-order valence-electron chi connectivity index (χ0n) is 8.80. The third-order valence-electron chi connectivity index (χ3n) is 2.17. The van der Waals surface area contributed by atoms with Gasteiger partial charge in [0.1, 0.15) is 5.82 Å². The maximum absolute atomic E-state index is 4.23. The SMILES string of the molecule is Cn1ccc(NCCCn2ccnc2)n1. The fourth-order valence-corrected chi connectivity index (χ4v) is 1.41. The van der Waals surface area contributed by atoms with Gasteiger partial charge in [-0.15, -0.1) is 0 Å². The molecule has 2 heterocycles. The highest BCUT2D eigenvalue weighted by molar-refractivity contribution is 5.31. The first-order chi connectivity index (χ1) is 7.34. The molecule has 0 fully saturated rings. The van der Waals surface area contributed by atoms with E-state index in [9.17, 15) is 0 Å². The summed E-state index contributed by atoms with van der Waals surface area (Å²) in [6.07, 6.45) is 8.60. The number of hydrogen-bond acceptors (Lipinski definition) is 3. The number of nitrogens with one attached hydrogen (secondary N) is 1. The summed E-state index contributed by atoms with van der Waals surface area (Å²) >= 11 is 0. The highest BCUT2D eigenvalue weighted by atomic mass is 15.3. The van der Waals surface area contributed by atoms with Crippen LogP contribution >= 0.6 is 0 Å². The van der Waals surface area contributed by atoms with Crippen molar-refractivity contribution in [1.29, 1.82) is 0 Å². The van der Waals surface area contributed by atoms with Crippen LogP contribution in [-0.4, -0.2) is 25.9 Å². The van der Waals surface area contributed by atoms with Gasteiger partial charge >= 0.3 is 0 Å². The molecule has 0 saturated carbocycles. The van der Waals surface area contributed by atoms with E-state index in [1.54, 1.807) is 10.9 Å². The van der Waals surface area contributed by atoms with Crippen LogP contribution in [0.3, 0.4) is 0 Å². The summed E-state index contributed by atoms with van der Waals surface area (Å²) in [7, 11) is 1.91. The quantitative estimate of drug-likeness (QED) is 0.744. The van der Waals surface area contributed by atoms with Crippen LogP contribution in [0.2, 0.25) is 0 Å². The predicted octanol–water partition coefficient (Wildman–Crippen LogP) is 1.12. The fraction of sp³-hybridized carbons (Fsp3) is 0.400. The van der Waals surface area contributed by atoms with E-state index in [1.165, 1.54) is 0 Å². The van der Waals surface area contributed by atoms with Crippen LogP contribution in [0.5, 0.6) is 0 Å². The Morgan fingerprint density at radius 1 is 1.40 bits per heavy atom. The maximum Gasteiger partial charge on any atom is 0.147 e. The minimum atomic E-state index is 0.926. The second-order valence-corrected chi connectivity index (χ2v) is 3.46. The number of hydrogen-bond donors (Lipinski definition) is 1. The number of rotatable bonds is 5. The Hall–Kier alpha value is -1.78. The van der Waals surface area contributed by atoms with Crippen molar-refractivity contribution in [2.45, 2.75) is 13.0 Å². The van der Waals surface area contributed by atoms with Crippen molar-refractivity contribution in [3.05, 3.63) is 31.0 Å². The summed E-state index contributed by atoms with van der Waals surface area (Å²) in [6, 6.07) is 1.97. The first kappa shape index (κ1) is 9.76. The van der Waals surface area contributed by atoms with Gasteiger partial charge in [-0.1, -0.05) is 0 Å². The Labute approximate surface area is 88.7 Å². The number of nitrogens with zero attached hydrogens (tertiary/aromatic N) is 4. The van der Waals surface area contributed by atoms with Gasteiger partial charge in [0.2, 0.25) is 0 Å². The monoisotopic (exact) mass is 205 g/mol. The molecule has 0 unspecified atom stereocenters. The van der Waals surface area contributed by atoms with E-state index in [-0.39, 0.29) is 0 Å². The molecular weight excluding hydrogens is 190 g/mol. The zero-order chi connectivity index (χ0) is 10.5. The average Bonchev–Trinajstić information content (AvgIpc) is 2.84. The number of aromatic nitrogens is 4. The second-order valence-electron chi connectivity index (χ2n) is 3.46. The largest absolute Gasteiger partial charge is 0.369 e. The molecule has 0 atom stereocenters. The van der Waals surface area contributed by atoms with Crippen LogP contribution in [0.1, 0.15) is 6.42 Å². The smallest absolute Gasteiger partial charge is 0.147 e. The molecule has 0 aliphatic heterocycles. The van der Waals surface area contributed by atoms with E-state index in [0.717, 1.165) is 25.3 Å². The van der Waals surface area contributed by atoms with Gasteiger partial charge in [-0.25, -0.2) is 4.98 Å². The molecule has 0 saturated heterocycles. The van der Waals surface area contributed by atoms with Crippen molar-refractivity contribution in [2.24, 2.45) is 7.05 Å². The summed E-state index contributed by atoms with van der Waals surface area (Å²) in [6.45, 7) is 1.91. The van der Waals surface area contributed by atoms with Crippen molar-refractivity contribution in [3.63, 3.8) is 0 Å². The molecule has 0 amide bonds. The molecule has 0 spiro atoms. The van der Waals surface area contributed by atoms with Crippen molar-refractivity contribution in [2.75, 3.05) is 11.9 Å². The maximum atomic E-state index is 4.23. The predicted molar refractivity (Wildman–Crippen MR) is 58.5 cm³/mol. The molecule has 0 radical (unpaired) electrons. The molecule has 80 valence electrons. The number of imidazole rings is 1. The molecule has 2 aromatic heterocycles. The first-order valence-corrected chi connectivity index (χ1v) is 5.04. The van der Waals surface area contributed by atoms with E-state index in [4.69, 9.17) is 0 Å². The molecule has 1 N–H and O–H groups in total. The summed E-state index contributed by atoms with van der Waals surface area (Å²) in [5, 5.41) is 7.49. The molecule has 0 aliphatic rings. The van der Waals surface area contributed by atoms with Gasteiger partial charge in [0.25, 0.3) is 0 Å². The minimum Gasteiger partial charge on any atom is -0.369 e. The zero-order valence-corrected chi connectivity index (χ0v) is 8.80. The lowest BCUT2D eigenvalue weighted by Crippen LogP contribution is -2.06. The Kier molecular flexibility index (Phi) is 3.02. The van der Waals surface area contributed by atoms with Crippen LogP contribution in [-0.2, 0) is 13.6 Å². The molecule has 0 aromatic carbocycles. The van der Waals surface area contributed by atoms with Crippen LogP contribution in [0, 0.1) is 0 Å². The fourth-order valence-electron chi connectivity index (χ4n) is 1.41. The molecule has 5 heteroatoms. The third-order valence-corrected chi connectivity index (χ3v) is 2.17. The summed E-state index contributed by atoms with van der Waals surface area (Å²) in [5.74, 6) is 0.933. The highest BCUT2D eigenvalue weighted by Gasteiger charge is 1.94. The summed E-state index contributed by atoms with van der Waals surface area (Å²) in [4.78, 5) is 3.99. The lowest BCUT2D eigenvalue weighted by molar-refractivity contribution is 0.659. The van der Waals surface area contributed by atoms with E-state index in [0.29, 0.717) is 0 Å². The van der Waals surface area contributed by atoms with Gasteiger partial charge in [-0.2, -0.15) is 5.10 Å². The Morgan fingerprint density at radius 3 is 3.00 bits per heavy atom.